The molecule has 0 aliphatic heterocycles. The number of benzene rings is 1. The van der Waals surface area contributed by atoms with Crippen LogP contribution in [0.1, 0.15) is 15.9 Å². The summed E-state index contributed by atoms with van der Waals surface area (Å²) in [6.45, 7) is 0.529. The average molecular weight is 276 g/mol. The molecule has 2 aromatic rings. The van der Waals surface area contributed by atoms with E-state index in [1.165, 1.54) is 6.20 Å². The highest BCUT2D eigenvalue weighted by Gasteiger charge is 2.08. The van der Waals surface area contributed by atoms with E-state index in [2.05, 4.69) is 10.3 Å². The van der Waals surface area contributed by atoms with Crippen LogP contribution in [0, 0.1) is 0 Å². The number of rotatable bonds is 4. The second kappa shape index (κ2) is 6.20. The van der Waals surface area contributed by atoms with Gasteiger partial charge in [0.1, 0.15) is 0 Å². The molecule has 2 rings (SSSR count). The van der Waals surface area contributed by atoms with E-state index < -0.39 is 0 Å². The molecular weight excluding hydrogens is 262 g/mol. The van der Waals surface area contributed by atoms with Crippen LogP contribution in [0.25, 0.3) is 0 Å². The van der Waals surface area contributed by atoms with Crippen molar-refractivity contribution in [3.05, 3.63) is 58.9 Å². The van der Waals surface area contributed by atoms with Crippen molar-refractivity contribution in [1.82, 2.24) is 10.3 Å². The molecule has 0 radical (unpaired) electrons. The minimum Gasteiger partial charge on any atom is -0.397 e. The van der Waals surface area contributed by atoms with Gasteiger partial charge >= 0.3 is 0 Å². The van der Waals surface area contributed by atoms with Gasteiger partial charge in [0, 0.05) is 17.8 Å². The second-order valence-electron chi connectivity index (χ2n) is 4.10. The van der Waals surface area contributed by atoms with E-state index in [4.69, 9.17) is 17.3 Å². The molecule has 1 amide bonds. The molecule has 0 bridgehead atoms. The number of pyridine rings is 1. The molecule has 0 saturated heterocycles. The molecular formula is C14H14ClN3O. The Kier molecular flexibility index (Phi) is 4.36. The summed E-state index contributed by atoms with van der Waals surface area (Å²) in [5, 5.41) is 3.51. The van der Waals surface area contributed by atoms with Crippen LogP contribution in [-0.4, -0.2) is 17.4 Å². The standard InChI is InChI=1S/C14H14ClN3O/c15-11-3-1-2-10(8-11)4-7-18-14(19)12-5-6-17-9-13(12)16/h1-3,5-6,8-9H,4,7,16H2,(H,18,19). The normalized spacial score (nSPS) is 10.2. The van der Waals surface area contributed by atoms with Crippen molar-refractivity contribution in [3.63, 3.8) is 0 Å². The number of nitrogens with one attached hydrogen (secondary N) is 1. The molecule has 98 valence electrons. The SMILES string of the molecule is Nc1cnccc1C(=O)NCCc1cccc(Cl)c1. The zero-order valence-corrected chi connectivity index (χ0v) is 11.0. The highest BCUT2D eigenvalue weighted by molar-refractivity contribution is 6.30. The lowest BCUT2D eigenvalue weighted by Gasteiger charge is -2.07. The van der Waals surface area contributed by atoms with Gasteiger partial charge in [-0.2, -0.15) is 0 Å². The number of carbonyl (C=O) groups excluding carboxylic acids is 1. The maximum atomic E-state index is 11.9. The summed E-state index contributed by atoms with van der Waals surface area (Å²) in [6, 6.07) is 9.17. The van der Waals surface area contributed by atoms with Gasteiger partial charge < -0.3 is 11.1 Å². The summed E-state index contributed by atoms with van der Waals surface area (Å²) < 4.78 is 0. The van der Waals surface area contributed by atoms with E-state index in [-0.39, 0.29) is 5.91 Å². The van der Waals surface area contributed by atoms with Crippen molar-refractivity contribution < 1.29 is 4.79 Å². The summed E-state index contributed by atoms with van der Waals surface area (Å²) in [4.78, 5) is 15.7. The van der Waals surface area contributed by atoms with Crippen LogP contribution in [-0.2, 0) is 6.42 Å². The van der Waals surface area contributed by atoms with Crippen LogP contribution in [0.15, 0.2) is 42.7 Å². The van der Waals surface area contributed by atoms with Crippen molar-refractivity contribution in [3.8, 4) is 0 Å². The first kappa shape index (κ1) is 13.4. The number of carbonyl (C=O) groups is 1. The molecule has 0 unspecified atom stereocenters. The van der Waals surface area contributed by atoms with Crippen LogP contribution in [0.5, 0.6) is 0 Å². The lowest BCUT2D eigenvalue weighted by atomic mass is 10.1. The van der Waals surface area contributed by atoms with Gasteiger partial charge in [-0.25, -0.2) is 0 Å². The maximum Gasteiger partial charge on any atom is 0.253 e. The fraction of sp³-hybridized carbons (Fsp3) is 0.143. The fourth-order valence-corrected chi connectivity index (χ4v) is 1.93. The van der Waals surface area contributed by atoms with Gasteiger partial charge in [-0.05, 0) is 30.2 Å². The first-order valence-corrected chi connectivity index (χ1v) is 6.27. The van der Waals surface area contributed by atoms with E-state index in [0.29, 0.717) is 22.8 Å². The number of nitrogens with two attached hydrogens (primary N) is 1. The van der Waals surface area contributed by atoms with Crippen molar-refractivity contribution >= 4 is 23.2 Å². The monoisotopic (exact) mass is 275 g/mol. The van der Waals surface area contributed by atoms with Gasteiger partial charge in [-0.3, -0.25) is 9.78 Å². The highest BCUT2D eigenvalue weighted by Crippen LogP contribution is 2.11. The van der Waals surface area contributed by atoms with Gasteiger partial charge in [-0.15, -0.1) is 0 Å². The van der Waals surface area contributed by atoms with Gasteiger partial charge in [0.25, 0.3) is 5.91 Å². The first-order chi connectivity index (χ1) is 9.16. The molecule has 0 fully saturated rings. The first-order valence-electron chi connectivity index (χ1n) is 5.89. The molecule has 0 aliphatic rings. The van der Waals surface area contributed by atoms with Gasteiger partial charge in [0.15, 0.2) is 0 Å². The van der Waals surface area contributed by atoms with Crippen LogP contribution < -0.4 is 11.1 Å². The average Bonchev–Trinajstić information content (AvgIpc) is 2.39. The number of nitrogens with zero attached hydrogens (tertiary/aromatic N) is 1. The lowest BCUT2D eigenvalue weighted by molar-refractivity contribution is 0.0955. The number of hydrogen-bond donors (Lipinski definition) is 2. The minimum atomic E-state index is -0.193. The second-order valence-corrected chi connectivity index (χ2v) is 4.54. The predicted molar refractivity (Wildman–Crippen MR) is 76.1 cm³/mol. The third-order valence-corrected chi connectivity index (χ3v) is 2.92. The Morgan fingerprint density at radius 1 is 1.37 bits per heavy atom. The number of amides is 1. The quantitative estimate of drug-likeness (QED) is 0.900. The molecule has 0 saturated carbocycles. The van der Waals surface area contributed by atoms with E-state index in [1.54, 1.807) is 12.3 Å². The van der Waals surface area contributed by atoms with Crippen LogP contribution in [0.3, 0.4) is 0 Å². The third kappa shape index (κ3) is 3.69. The van der Waals surface area contributed by atoms with E-state index in [1.807, 2.05) is 24.3 Å². The Balaban J connectivity index is 1.90. The molecule has 1 aromatic carbocycles. The number of aromatic nitrogens is 1. The Morgan fingerprint density at radius 2 is 2.21 bits per heavy atom. The van der Waals surface area contributed by atoms with Gasteiger partial charge in [-0.1, -0.05) is 23.7 Å². The van der Waals surface area contributed by atoms with E-state index in [9.17, 15) is 4.79 Å². The number of halogens is 1. The number of hydrogen-bond acceptors (Lipinski definition) is 3. The van der Waals surface area contributed by atoms with Crippen molar-refractivity contribution in [2.45, 2.75) is 6.42 Å². The largest absolute Gasteiger partial charge is 0.397 e. The minimum absolute atomic E-state index is 0.193. The molecule has 5 heteroatoms. The molecule has 0 aliphatic carbocycles. The predicted octanol–water partition coefficient (Wildman–Crippen LogP) is 2.29. The van der Waals surface area contributed by atoms with Gasteiger partial charge in [0.05, 0.1) is 17.4 Å². The summed E-state index contributed by atoms with van der Waals surface area (Å²) in [6.07, 6.45) is 3.73. The molecule has 4 nitrogen and oxygen atoms in total. The Bertz CT molecular complexity index is 586. The maximum absolute atomic E-state index is 11.9. The summed E-state index contributed by atoms with van der Waals surface area (Å²) in [7, 11) is 0. The molecule has 1 heterocycles. The topological polar surface area (TPSA) is 68.0 Å². The smallest absolute Gasteiger partial charge is 0.253 e. The Hall–Kier alpha value is -2.07. The van der Waals surface area contributed by atoms with Crippen molar-refractivity contribution in [1.29, 1.82) is 0 Å². The molecule has 0 spiro atoms. The summed E-state index contributed by atoms with van der Waals surface area (Å²) in [5.74, 6) is -0.193. The lowest BCUT2D eigenvalue weighted by Crippen LogP contribution is -2.26. The number of anilines is 1. The Labute approximate surface area is 116 Å². The van der Waals surface area contributed by atoms with Crippen LogP contribution >= 0.6 is 11.6 Å². The molecule has 19 heavy (non-hydrogen) atoms. The fourth-order valence-electron chi connectivity index (χ4n) is 1.72. The Morgan fingerprint density at radius 3 is 2.95 bits per heavy atom. The van der Waals surface area contributed by atoms with Gasteiger partial charge in [0.2, 0.25) is 0 Å². The number of nitrogen functional groups attached to an aromatic ring is 1. The van der Waals surface area contributed by atoms with Crippen molar-refractivity contribution in [2.24, 2.45) is 0 Å². The molecule has 1 aromatic heterocycles. The third-order valence-electron chi connectivity index (χ3n) is 2.68. The van der Waals surface area contributed by atoms with E-state index in [0.717, 1.165) is 12.0 Å². The zero-order valence-electron chi connectivity index (χ0n) is 10.3. The van der Waals surface area contributed by atoms with E-state index >= 15 is 0 Å². The highest BCUT2D eigenvalue weighted by atomic mass is 35.5. The zero-order chi connectivity index (χ0) is 13.7. The van der Waals surface area contributed by atoms with Crippen LogP contribution in [0.4, 0.5) is 5.69 Å². The molecule has 0 atom stereocenters. The summed E-state index contributed by atoms with van der Waals surface area (Å²) in [5.41, 5.74) is 7.59. The van der Waals surface area contributed by atoms with Crippen LogP contribution in [0.2, 0.25) is 5.02 Å². The van der Waals surface area contributed by atoms with Crippen molar-refractivity contribution in [2.75, 3.05) is 12.3 Å². The summed E-state index contributed by atoms with van der Waals surface area (Å²) >= 11 is 5.89. The molecule has 3 N–H and O–H groups in total.